The summed E-state index contributed by atoms with van der Waals surface area (Å²) in [6.07, 6.45) is 1.77. The van der Waals surface area contributed by atoms with Crippen LogP contribution >= 0.6 is 0 Å². The number of hydrogen-bond acceptors (Lipinski definition) is 3. The van der Waals surface area contributed by atoms with Crippen molar-refractivity contribution in [3.8, 4) is 0 Å². The van der Waals surface area contributed by atoms with E-state index in [9.17, 15) is 8.42 Å². The minimum atomic E-state index is -3.06. The van der Waals surface area contributed by atoms with Gasteiger partial charge in [-0.15, -0.1) is 0 Å². The Bertz CT molecular complexity index is 314. The number of aliphatic imine (C=N–C) groups is 1. The number of sulfonamides is 1. The highest BCUT2D eigenvalue weighted by Gasteiger charge is 2.04. The molecule has 0 bridgehead atoms. The van der Waals surface area contributed by atoms with E-state index in [0.29, 0.717) is 13.1 Å². The molecule has 0 fully saturated rings. The van der Waals surface area contributed by atoms with Crippen LogP contribution in [-0.2, 0) is 10.0 Å². The minimum Gasteiger partial charge on any atom is -0.356 e. The van der Waals surface area contributed by atoms with Crippen LogP contribution in [0.25, 0.3) is 0 Å². The van der Waals surface area contributed by atoms with E-state index in [1.165, 1.54) is 0 Å². The van der Waals surface area contributed by atoms with E-state index >= 15 is 0 Å². The zero-order valence-corrected chi connectivity index (χ0v) is 11.7. The third kappa shape index (κ3) is 8.93. The van der Waals surface area contributed by atoms with Crippen molar-refractivity contribution < 1.29 is 8.42 Å². The molecule has 0 heterocycles. The lowest BCUT2D eigenvalue weighted by atomic mass is 10.4. The SMILES string of the molecule is CCCNC(=NC)NCCCNS(=O)(=O)CC. The lowest BCUT2D eigenvalue weighted by Crippen LogP contribution is -2.39. The van der Waals surface area contributed by atoms with Crippen molar-refractivity contribution in [1.82, 2.24) is 15.4 Å². The molecule has 0 radical (unpaired) electrons. The average molecular weight is 264 g/mol. The van der Waals surface area contributed by atoms with Gasteiger partial charge in [-0.05, 0) is 19.8 Å². The molecule has 0 spiro atoms. The highest BCUT2D eigenvalue weighted by molar-refractivity contribution is 7.89. The molecule has 0 aliphatic rings. The van der Waals surface area contributed by atoms with Crippen LogP contribution in [0.2, 0.25) is 0 Å². The van der Waals surface area contributed by atoms with E-state index in [-0.39, 0.29) is 5.75 Å². The van der Waals surface area contributed by atoms with Crippen LogP contribution in [0.1, 0.15) is 26.7 Å². The van der Waals surface area contributed by atoms with Crippen molar-refractivity contribution >= 4 is 16.0 Å². The van der Waals surface area contributed by atoms with Crippen LogP contribution in [0, 0.1) is 0 Å². The van der Waals surface area contributed by atoms with Gasteiger partial charge in [-0.25, -0.2) is 13.1 Å². The van der Waals surface area contributed by atoms with Gasteiger partial charge in [-0.3, -0.25) is 4.99 Å². The van der Waals surface area contributed by atoms with E-state index < -0.39 is 10.0 Å². The highest BCUT2D eigenvalue weighted by Crippen LogP contribution is 1.83. The second kappa shape index (κ2) is 9.23. The fourth-order valence-electron chi connectivity index (χ4n) is 1.09. The van der Waals surface area contributed by atoms with Gasteiger partial charge in [0.2, 0.25) is 10.0 Å². The van der Waals surface area contributed by atoms with Crippen LogP contribution in [0.5, 0.6) is 0 Å². The Morgan fingerprint density at radius 1 is 1.12 bits per heavy atom. The second-order valence-electron chi connectivity index (χ2n) is 3.58. The molecule has 0 aliphatic carbocycles. The molecule has 0 atom stereocenters. The van der Waals surface area contributed by atoms with Crippen LogP contribution in [0.3, 0.4) is 0 Å². The molecule has 0 aliphatic heterocycles. The third-order valence-electron chi connectivity index (χ3n) is 2.11. The second-order valence-corrected chi connectivity index (χ2v) is 5.67. The maximum absolute atomic E-state index is 11.1. The van der Waals surface area contributed by atoms with Gasteiger partial charge in [0.1, 0.15) is 0 Å². The summed E-state index contributed by atoms with van der Waals surface area (Å²) in [6.45, 7) is 5.72. The van der Waals surface area contributed by atoms with E-state index in [1.54, 1.807) is 14.0 Å². The highest BCUT2D eigenvalue weighted by atomic mass is 32.2. The van der Waals surface area contributed by atoms with Crippen LogP contribution in [0.4, 0.5) is 0 Å². The number of hydrogen-bond donors (Lipinski definition) is 3. The first-order valence-corrected chi connectivity index (χ1v) is 7.62. The van der Waals surface area contributed by atoms with Gasteiger partial charge >= 0.3 is 0 Å². The lowest BCUT2D eigenvalue weighted by molar-refractivity contribution is 0.579. The van der Waals surface area contributed by atoms with Gasteiger partial charge in [0.25, 0.3) is 0 Å². The maximum Gasteiger partial charge on any atom is 0.211 e. The van der Waals surface area contributed by atoms with Crippen LogP contribution in [-0.4, -0.2) is 46.8 Å². The molecule has 0 aromatic rings. The van der Waals surface area contributed by atoms with Gasteiger partial charge in [0.15, 0.2) is 5.96 Å². The fourth-order valence-corrected chi connectivity index (χ4v) is 1.75. The first kappa shape index (κ1) is 16.2. The number of nitrogens with one attached hydrogen (secondary N) is 3. The number of guanidine groups is 1. The monoisotopic (exact) mass is 264 g/mol. The summed E-state index contributed by atoms with van der Waals surface area (Å²) in [5.41, 5.74) is 0. The minimum absolute atomic E-state index is 0.125. The normalized spacial score (nSPS) is 12.5. The topological polar surface area (TPSA) is 82.6 Å². The van der Waals surface area contributed by atoms with Crippen molar-refractivity contribution in [3.63, 3.8) is 0 Å². The smallest absolute Gasteiger partial charge is 0.211 e. The summed E-state index contributed by atoms with van der Waals surface area (Å²) < 4.78 is 24.8. The van der Waals surface area contributed by atoms with Gasteiger partial charge in [-0.1, -0.05) is 6.92 Å². The van der Waals surface area contributed by atoms with Crippen molar-refractivity contribution in [2.45, 2.75) is 26.7 Å². The number of rotatable bonds is 8. The van der Waals surface area contributed by atoms with Gasteiger partial charge in [0, 0.05) is 26.7 Å². The first-order valence-electron chi connectivity index (χ1n) is 5.97. The number of nitrogens with zero attached hydrogens (tertiary/aromatic N) is 1. The quantitative estimate of drug-likeness (QED) is 0.324. The molecule has 0 amide bonds. The average Bonchev–Trinajstić information content (AvgIpc) is 2.32. The summed E-state index contributed by atoms with van der Waals surface area (Å²) in [5, 5.41) is 6.25. The standard InChI is InChI=1S/C10H24N4O2S/c1-4-7-12-10(11-3)13-8-6-9-14-17(15,16)5-2/h14H,4-9H2,1-3H3,(H2,11,12,13). The van der Waals surface area contributed by atoms with E-state index in [2.05, 4.69) is 27.3 Å². The molecule has 0 unspecified atom stereocenters. The van der Waals surface area contributed by atoms with Gasteiger partial charge in [0.05, 0.1) is 5.75 Å². The fraction of sp³-hybridized carbons (Fsp3) is 0.900. The summed E-state index contributed by atoms with van der Waals surface area (Å²) in [7, 11) is -1.35. The lowest BCUT2D eigenvalue weighted by Gasteiger charge is -2.11. The van der Waals surface area contributed by atoms with E-state index in [4.69, 9.17) is 0 Å². The van der Waals surface area contributed by atoms with Crippen molar-refractivity contribution in [3.05, 3.63) is 0 Å². The summed E-state index contributed by atoms with van der Waals surface area (Å²) in [4.78, 5) is 4.04. The van der Waals surface area contributed by atoms with E-state index in [0.717, 1.165) is 25.3 Å². The van der Waals surface area contributed by atoms with E-state index in [1.807, 2.05) is 0 Å². The Hall–Kier alpha value is -0.820. The molecular weight excluding hydrogens is 240 g/mol. The molecule has 0 aromatic heterocycles. The first-order chi connectivity index (χ1) is 8.05. The Morgan fingerprint density at radius 2 is 1.76 bits per heavy atom. The van der Waals surface area contributed by atoms with Crippen LogP contribution < -0.4 is 15.4 Å². The molecular formula is C10H24N4O2S. The Labute approximate surface area is 104 Å². The van der Waals surface area contributed by atoms with Crippen molar-refractivity contribution in [2.24, 2.45) is 4.99 Å². The summed E-state index contributed by atoms with van der Waals surface area (Å²) >= 11 is 0. The molecule has 0 rings (SSSR count). The Balaban J connectivity index is 3.63. The van der Waals surface area contributed by atoms with Crippen molar-refractivity contribution in [1.29, 1.82) is 0 Å². The molecule has 7 heteroatoms. The molecule has 102 valence electrons. The molecule has 6 nitrogen and oxygen atoms in total. The Morgan fingerprint density at radius 3 is 2.29 bits per heavy atom. The Kier molecular flexibility index (Phi) is 8.79. The van der Waals surface area contributed by atoms with Crippen LogP contribution in [0.15, 0.2) is 4.99 Å². The zero-order valence-electron chi connectivity index (χ0n) is 10.9. The molecule has 17 heavy (non-hydrogen) atoms. The zero-order chi connectivity index (χ0) is 13.1. The maximum atomic E-state index is 11.1. The summed E-state index contributed by atoms with van der Waals surface area (Å²) in [6, 6.07) is 0. The molecule has 0 aromatic carbocycles. The predicted molar refractivity (Wildman–Crippen MR) is 71.7 cm³/mol. The van der Waals surface area contributed by atoms with Gasteiger partial charge < -0.3 is 10.6 Å². The van der Waals surface area contributed by atoms with Crippen molar-refractivity contribution in [2.75, 3.05) is 32.4 Å². The summed E-state index contributed by atoms with van der Waals surface area (Å²) in [5.74, 6) is 0.880. The molecule has 0 saturated heterocycles. The molecule has 3 N–H and O–H groups in total. The predicted octanol–water partition coefficient (Wildman–Crippen LogP) is -0.109. The van der Waals surface area contributed by atoms with Gasteiger partial charge in [-0.2, -0.15) is 0 Å². The third-order valence-corrected chi connectivity index (χ3v) is 3.52. The largest absolute Gasteiger partial charge is 0.356 e. The molecule has 0 saturated carbocycles.